The van der Waals surface area contributed by atoms with Gasteiger partial charge in [-0.05, 0) is 49.0 Å². The average molecular weight is 372 g/mol. The van der Waals surface area contributed by atoms with E-state index >= 15 is 0 Å². The lowest BCUT2D eigenvalue weighted by atomic mass is 9.71. The van der Waals surface area contributed by atoms with E-state index in [4.69, 9.17) is 0 Å². The van der Waals surface area contributed by atoms with Gasteiger partial charge in [-0.3, -0.25) is 10.0 Å². The molecule has 3 rings (SSSR count). The highest BCUT2D eigenvalue weighted by Crippen LogP contribution is 2.40. The predicted molar refractivity (Wildman–Crippen MR) is 109 cm³/mol. The molecule has 0 heterocycles. The highest BCUT2D eigenvalue weighted by atomic mass is 16.5. The zero-order valence-corrected chi connectivity index (χ0v) is 16.7. The van der Waals surface area contributed by atoms with E-state index in [2.05, 4.69) is 12.1 Å². The molecule has 3 heteroatoms. The van der Waals surface area contributed by atoms with Crippen LogP contribution in [0.15, 0.2) is 30.3 Å². The van der Waals surface area contributed by atoms with Crippen molar-refractivity contribution in [2.75, 3.05) is 0 Å². The van der Waals surface area contributed by atoms with Gasteiger partial charge in [-0.1, -0.05) is 88.1 Å². The van der Waals surface area contributed by atoms with E-state index in [1.54, 1.807) is 0 Å². The third-order valence-corrected chi connectivity index (χ3v) is 7.19. The lowest BCUT2D eigenvalue weighted by molar-refractivity contribution is -0.135. The lowest BCUT2D eigenvalue weighted by Gasteiger charge is -2.34. The molecule has 1 amide bonds. The molecular weight excluding hydrogens is 334 g/mol. The van der Waals surface area contributed by atoms with Crippen molar-refractivity contribution in [3.63, 3.8) is 0 Å². The number of carbonyl (C=O) groups is 1. The number of amides is 1. The Morgan fingerprint density at radius 2 is 1.48 bits per heavy atom. The molecule has 3 nitrogen and oxygen atoms in total. The van der Waals surface area contributed by atoms with Gasteiger partial charge in [0.1, 0.15) is 0 Å². The van der Waals surface area contributed by atoms with Crippen molar-refractivity contribution < 1.29 is 10.0 Å². The summed E-state index contributed by atoms with van der Waals surface area (Å²) in [7, 11) is 0. The summed E-state index contributed by atoms with van der Waals surface area (Å²) in [5.74, 6) is 1.82. The van der Waals surface area contributed by atoms with Gasteiger partial charge in [0, 0.05) is 5.92 Å². The fraction of sp³-hybridized carbons (Fsp3) is 0.708. The van der Waals surface area contributed by atoms with Crippen LogP contribution in [0.5, 0.6) is 0 Å². The molecule has 2 N–H and O–H groups in total. The Balaban J connectivity index is 1.67. The summed E-state index contributed by atoms with van der Waals surface area (Å²) in [4.78, 5) is 12.5. The van der Waals surface area contributed by atoms with Gasteiger partial charge in [0.2, 0.25) is 5.91 Å². The SMILES string of the molecule is O=C(NO)C(Cc1ccccc1)C1CCCC2CCCCCCCC2CC1. The lowest BCUT2D eigenvalue weighted by Crippen LogP contribution is -2.35. The molecule has 1 aromatic rings. The van der Waals surface area contributed by atoms with Crippen LogP contribution in [0.4, 0.5) is 0 Å². The molecule has 0 radical (unpaired) electrons. The molecule has 2 aliphatic carbocycles. The van der Waals surface area contributed by atoms with Gasteiger partial charge in [0.05, 0.1) is 0 Å². The van der Waals surface area contributed by atoms with Gasteiger partial charge >= 0.3 is 0 Å². The normalized spacial score (nSPS) is 28.4. The van der Waals surface area contributed by atoms with Crippen LogP contribution in [0.1, 0.15) is 82.6 Å². The molecule has 2 saturated carbocycles. The Morgan fingerprint density at radius 3 is 2.19 bits per heavy atom. The first kappa shape index (κ1) is 20.4. The number of hydroxylamine groups is 1. The summed E-state index contributed by atoms with van der Waals surface area (Å²) in [5, 5.41) is 9.33. The summed E-state index contributed by atoms with van der Waals surface area (Å²) >= 11 is 0. The fourth-order valence-corrected chi connectivity index (χ4v) is 5.62. The van der Waals surface area contributed by atoms with Gasteiger partial charge in [-0.2, -0.15) is 0 Å². The molecule has 4 atom stereocenters. The Kier molecular flexibility index (Phi) is 8.19. The molecule has 150 valence electrons. The minimum Gasteiger partial charge on any atom is -0.289 e. The summed E-state index contributed by atoms with van der Waals surface area (Å²) in [6.45, 7) is 0. The Labute approximate surface area is 164 Å². The van der Waals surface area contributed by atoms with Crippen molar-refractivity contribution in [2.45, 2.75) is 83.5 Å². The van der Waals surface area contributed by atoms with E-state index in [1.807, 2.05) is 23.7 Å². The van der Waals surface area contributed by atoms with E-state index in [1.165, 1.54) is 69.8 Å². The van der Waals surface area contributed by atoms with E-state index in [0.29, 0.717) is 5.92 Å². The number of nitrogens with one attached hydrogen (secondary N) is 1. The van der Waals surface area contributed by atoms with Crippen molar-refractivity contribution >= 4 is 5.91 Å². The van der Waals surface area contributed by atoms with Gasteiger partial charge in [0.25, 0.3) is 0 Å². The minimum atomic E-state index is -0.199. The summed E-state index contributed by atoms with van der Waals surface area (Å²) in [6.07, 6.45) is 16.6. The molecule has 0 aromatic heterocycles. The van der Waals surface area contributed by atoms with Gasteiger partial charge < -0.3 is 0 Å². The average Bonchev–Trinajstić information content (AvgIpc) is 2.79. The number of benzene rings is 1. The molecule has 0 aliphatic heterocycles. The second kappa shape index (κ2) is 10.8. The molecule has 2 aliphatic rings. The summed E-state index contributed by atoms with van der Waals surface area (Å²) in [5.41, 5.74) is 3.15. The molecule has 0 spiro atoms. The van der Waals surface area contributed by atoms with E-state index in [-0.39, 0.29) is 11.8 Å². The molecule has 1 aromatic carbocycles. The molecule has 0 bridgehead atoms. The quantitative estimate of drug-likeness (QED) is 0.511. The van der Waals surface area contributed by atoms with Crippen LogP contribution in [0.2, 0.25) is 0 Å². The summed E-state index contributed by atoms with van der Waals surface area (Å²) < 4.78 is 0. The van der Waals surface area contributed by atoms with E-state index < -0.39 is 0 Å². The van der Waals surface area contributed by atoms with Crippen LogP contribution in [0, 0.1) is 23.7 Å². The van der Waals surface area contributed by atoms with E-state index in [9.17, 15) is 10.0 Å². The third kappa shape index (κ3) is 6.07. The third-order valence-electron chi connectivity index (χ3n) is 7.19. The first-order valence-corrected chi connectivity index (χ1v) is 11.3. The first-order chi connectivity index (χ1) is 13.3. The van der Waals surface area contributed by atoms with Crippen LogP contribution in [-0.4, -0.2) is 11.1 Å². The molecule has 0 saturated heterocycles. The smallest absolute Gasteiger partial charge is 0.247 e. The molecule has 2 fully saturated rings. The van der Waals surface area contributed by atoms with Crippen LogP contribution >= 0.6 is 0 Å². The number of fused-ring (bicyclic) bond motifs is 1. The second-order valence-electron chi connectivity index (χ2n) is 8.91. The van der Waals surface area contributed by atoms with Crippen LogP contribution in [0.25, 0.3) is 0 Å². The zero-order chi connectivity index (χ0) is 18.9. The fourth-order valence-electron chi connectivity index (χ4n) is 5.62. The first-order valence-electron chi connectivity index (χ1n) is 11.3. The number of hydrogen-bond acceptors (Lipinski definition) is 2. The van der Waals surface area contributed by atoms with Crippen molar-refractivity contribution in [3.8, 4) is 0 Å². The second-order valence-corrected chi connectivity index (χ2v) is 8.91. The van der Waals surface area contributed by atoms with Gasteiger partial charge in [-0.15, -0.1) is 0 Å². The Hall–Kier alpha value is -1.35. The van der Waals surface area contributed by atoms with Crippen LogP contribution < -0.4 is 5.48 Å². The Bertz CT molecular complexity index is 559. The molecule has 27 heavy (non-hydrogen) atoms. The molecular formula is C24H37NO2. The largest absolute Gasteiger partial charge is 0.289 e. The Morgan fingerprint density at radius 1 is 0.852 bits per heavy atom. The van der Waals surface area contributed by atoms with Crippen molar-refractivity contribution in [1.29, 1.82) is 0 Å². The maximum absolute atomic E-state index is 12.5. The summed E-state index contributed by atoms with van der Waals surface area (Å²) in [6, 6.07) is 10.3. The van der Waals surface area contributed by atoms with Gasteiger partial charge in [0.15, 0.2) is 0 Å². The van der Waals surface area contributed by atoms with Crippen LogP contribution in [0.3, 0.4) is 0 Å². The minimum absolute atomic E-state index is 0.120. The monoisotopic (exact) mass is 371 g/mol. The van der Waals surface area contributed by atoms with Crippen molar-refractivity contribution in [3.05, 3.63) is 35.9 Å². The van der Waals surface area contributed by atoms with Crippen LogP contribution in [-0.2, 0) is 11.2 Å². The van der Waals surface area contributed by atoms with Crippen molar-refractivity contribution in [1.82, 2.24) is 5.48 Å². The number of hydrogen-bond donors (Lipinski definition) is 2. The highest BCUT2D eigenvalue weighted by Gasteiger charge is 2.32. The number of rotatable bonds is 4. The standard InChI is InChI=1S/C24H37NO2/c26-24(25-27)23(18-19-10-5-4-6-11-19)22-15-9-14-20-12-7-2-1-3-8-13-21(20)16-17-22/h4-6,10-11,20-23,27H,1-3,7-9,12-18H2,(H,25,26). The predicted octanol–water partition coefficient (Wildman–Crippen LogP) is 5.91. The number of carbonyl (C=O) groups excluding carboxylic acids is 1. The zero-order valence-electron chi connectivity index (χ0n) is 16.7. The maximum atomic E-state index is 12.5. The maximum Gasteiger partial charge on any atom is 0.247 e. The van der Waals surface area contributed by atoms with E-state index in [0.717, 1.165) is 31.1 Å². The highest BCUT2D eigenvalue weighted by molar-refractivity contribution is 5.78. The topological polar surface area (TPSA) is 49.3 Å². The van der Waals surface area contributed by atoms with Gasteiger partial charge in [-0.25, -0.2) is 5.48 Å². The van der Waals surface area contributed by atoms with Crippen molar-refractivity contribution in [2.24, 2.45) is 23.7 Å². The molecule has 4 unspecified atom stereocenters.